The zero-order valence-corrected chi connectivity index (χ0v) is 24.2. The standard InChI is InChI=1S/C31H31ClF2N3O3P/c32-21-13-11-20(12-14-21)27(38)36-26-15-18-37(28(26)39)17-6-5-16-30(29(40)35-19-31(33,34)41)24-9-3-1-7-22(24)23-8-2-4-10-25(23)30/h1-4,7-14,26H,5-6,15-19,41H2,(H,35,40)(H,36,38). The molecule has 0 spiro atoms. The number of hydrogen-bond acceptors (Lipinski definition) is 3. The molecule has 3 aromatic rings. The van der Waals surface area contributed by atoms with Crippen LogP contribution in [0.5, 0.6) is 0 Å². The molecular weight excluding hydrogens is 567 g/mol. The molecule has 0 bridgehead atoms. The summed E-state index contributed by atoms with van der Waals surface area (Å²) in [5, 5.41) is 5.83. The molecule has 1 aliphatic carbocycles. The minimum Gasteiger partial charge on any atom is -0.349 e. The molecule has 2 unspecified atom stereocenters. The second kappa shape index (κ2) is 11.9. The number of nitrogens with one attached hydrogen (secondary N) is 2. The molecule has 1 heterocycles. The van der Waals surface area contributed by atoms with E-state index in [9.17, 15) is 23.2 Å². The van der Waals surface area contributed by atoms with Crippen LogP contribution < -0.4 is 10.6 Å². The molecule has 41 heavy (non-hydrogen) atoms. The number of amides is 3. The second-order valence-corrected chi connectivity index (χ2v) is 11.8. The second-order valence-electron chi connectivity index (χ2n) is 10.5. The Balaban J connectivity index is 1.26. The fourth-order valence-electron chi connectivity index (χ4n) is 5.93. The van der Waals surface area contributed by atoms with E-state index in [0.717, 1.165) is 22.3 Å². The summed E-state index contributed by atoms with van der Waals surface area (Å²) in [6.45, 7) is 0.204. The molecule has 2 N–H and O–H groups in total. The highest BCUT2D eigenvalue weighted by atomic mass is 35.5. The number of carbonyl (C=O) groups excluding carboxylic acids is 3. The normalized spacial score (nSPS) is 17.2. The first-order chi connectivity index (χ1) is 19.6. The predicted molar refractivity (Wildman–Crippen MR) is 158 cm³/mol. The van der Waals surface area contributed by atoms with Gasteiger partial charge in [0.2, 0.25) is 11.8 Å². The summed E-state index contributed by atoms with van der Waals surface area (Å²) in [6, 6.07) is 21.1. The van der Waals surface area contributed by atoms with Gasteiger partial charge in [0.25, 0.3) is 11.6 Å². The van der Waals surface area contributed by atoms with Crippen molar-refractivity contribution in [1.29, 1.82) is 0 Å². The summed E-state index contributed by atoms with van der Waals surface area (Å²) in [4.78, 5) is 41.1. The lowest BCUT2D eigenvalue weighted by molar-refractivity contribution is -0.129. The molecule has 1 aliphatic heterocycles. The van der Waals surface area contributed by atoms with Gasteiger partial charge in [-0.3, -0.25) is 14.4 Å². The van der Waals surface area contributed by atoms with Crippen LogP contribution >= 0.6 is 20.8 Å². The van der Waals surface area contributed by atoms with Crippen molar-refractivity contribution >= 4 is 38.6 Å². The van der Waals surface area contributed by atoms with Crippen LogP contribution in [-0.4, -0.2) is 54.0 Å². The van der Waals surface area contributed by atoms with Crippen molar-refractivity contribution in [3.63, 3.8) is 0 Å². The van der Waals surface area contributed by atoms with Crippen molar-refractivity contribution in [3.8, 4) is 11.1 Å². The van der Waals surface area contributed by atoms with Crippen molar-refractivity contribution in [2.75, 3.05) is 19.6 Å². The topological polar surface area (TPSA) is 78.5 Å². The van der Waals surface area contributed by atoms with Gasteiger partial charge in [-0.15, -0.1) is 0 Å². The van der Waals surface area contributed by atoms with E-state index in [1.807, 2.05) is 48.5 Å². The van der Waals surface area contributed by atoms with Crippen LogP contribution in [0.3, 0.4) is 0 Å². The van der Waals surface area contributed by atoms with Crippen LogP contribution in [0.2, 0.25) is 5.02 Å². The summed E-state index contributed by atoms with van der Waals surface area (Å²) in [7, 11) is 1.47. The lowest BCUT2D eigenvalue weighted by Crippen LogP contribution is -2.47. The Morgan fingerprint density at radius 1 is 0.976 bits per heavy atom. The van der Waals surface area contributed by atoms with E-state index in [4.69, 9.17) is 11.6 Å². The van der Waals surface area contributed by atoms with E-state index < -0.39 is 29.6 Å². The molecule has 10 heteroatoms. The molecule has 3 aromatic carbocycles. The molecule has 2 aliphatic rings. The quantitative estimate of drug-likeness (QED) is 0.243. The highest BCUT2D eigenvalue weighted by molar-refractivity contribution is 7.18. The van der Waals surface area contributed by atoms with Gasteiger partial charge in [0, 0.05) is 23.7 Å². The van der Waals surface area contributed by atoms with Crippen LogP contribution in [0.25, 0.3) is 11.1 Å². The number of alkyl halides is 2. The van der Waals surface area contributed by atoms with Crippen LogP contribution in [-0.2, 0) is 15.0 Å². The molecule has 1 fully saturated rings. The van der Waals surface area contributed by atoms with Gasteiger partial charge in [-0.2, -0.15) is 0 Å². The maximum atomic E-state index is 13.8. The van der Waals surface area contributed by atoms with E-state index in [1.54, 1.807) is 29.2 Å². The minimum atomic E-state index is -3.12. The summed E-state index contributed by atoms with van der Waals surface area (Å²) >= 11 is 5.89. The van der Waals surface area contributed by atoms with Crippen LogP contribution in [0.4, 0.5) is 8.78 Å². The molecule has 5 rings (SSSR count). The smallest absolute Gasteiger partial charge is 0.275 e. The maximum Gasteiger partial charge on any atom is 0.275 e. The van der Waals surface area contributed by atoms with Gasteiger partial charge in [-0.05, 0) is 72.2 Å². The number of likely N-dealkylation sites (tertiary alicyclic amines) is 1. The lowest BCUT2D eigenvalue weighted by atomic mass is 9.73. The minimum absolute atomic E-state index is 0.140. The Morgan fingerprint density at radius 2 is 1.59 bits per heavy atom. The van der Waals surface area contributed by atoms with Crippen molar-refractivity contribution in [2.24, 2.45) is 0 Å². The van der Waals surface area contributed by atoms with Gasteiger partial charge in [0.05, 0.1) is 6.54 Å². The lowest BCUT2D eigenvalue weighted by Gasteiger charge is -2.31. The molecule has 0 aromatic heterocycles. The van der Waals surface area contributed by atoms with Crippen molar-refractivity contribution in [2.45, 2.75) is 42.8 Å². The number of carbonyl (C=O) groups is 3. The van der Waals surface area contributed by atoms with E-state index in [0.29, 0.717) is 49.4 Å². The van der Waals surface area contributed by atoms with E-state index in [1.165, 1.54) is 9.24 Å². The van der Waals surface area contributed by atoms with Crippen molar-refractivity contribution < 1.29 is 23.2 Å². The SMILES string of the molecule is O=C(NC1CCN(CCCCC2(C(=O)NCC(F)(F)P)c3ccccc3-c3ccccc32)C1=O)c1ccc(Cl)cc1. The number of rotatable bonds is 10. The van der Waals surface area contributed by atoms with Gasteiger partial charge in [-0.25, -0.2) is 8.78 Å². The fourth-order valence-corrected chi connectivity index (χ4v) is 6.16. The first-order valence-corrected chi connectivity index (χ1v) is 14.6. The third-order valence-corrected chi connectivity index (χ3v) is 8.33. The number of fused-ring (bicyclic) bond motifs is 3. The highest BCUT2D eigenvalue weighted by Gasteiger charge is 2.48. The van der Waals surface area contributed by atoms with Gasteiger partial charge in [-0.1, -0.05) is 69.4 Å². The van der Waals surface area contributed by atoms with Crippen LogP contribution in [0.15, 0.2) is 72.8 Å². The van der Waals surface area contributed by atoms with Gasteiger partial charge < -0.3 is 15.5 Å². The summed E-state index contributed by atoms with van der Waals surface area (Å²) in [5.74, 6) is -0.928. The Hall–Kier alpha value is -3.35. The molecule has 1 saturated heterocycles. The molecule has 0 saturated carbocycles. The monoisotopic (exact) mass is 597 g/mol. The van der Waals surface area contributed by atoms with Gasteiger partial charge >= 0.3 is 0 Å². The molecule has 2 atom stereocenters. The van der Waals surface area contributed by atoms with Gasteiger partial charge in [0.1, 0.15) is 11.5 Å². The average Bonchev–Trinajstić information content (AvgIpc) is 3.45. The molecule has 0 radical (unpaired) electrons. The first kappa shape index (κ1) is 29.2. The Morgan fingerprint density at radius 3 is 2.20 bits per heavy atom. The molecule has 214 valence electrons. The third kappa shape index (κ3) is 6.00. The Kier molecular flexibility index (Phi) is 8.44. The Labute approximate surface area is 245 Å². The first-order valence-electron chi connectivity index (χ1n) is 13.6. The number of hydrogen-bond donors (Lipinski definition) is 2. The predicted octanol–water partition coefficient (Wildman–Crippen LogP) is 5.39. The van der Waals surface area contributed by atoms with Crippen molar-refractivity contribution in [3.05, 3.63) is 94.5 Å². The van der Waals surface area contributed by atoms with Crippen molar-refractivity contribution in [1.82, 2.24) is 15.5 Å². The zero-order valence-electron chi connectivity index (χ0n) is 22.3. The summed E-state index contributed by atoms with van der Waals surface area (Å²) in [5.41, 5.74) is -0.367. The maximum absolute atomic E-state index is 13.8. The molecule has 3 amide bonds. The average molecular weight is 598 g/mol. The fraction of sp³-hybridized carbons (Fsp3) is 0.323. The number of unbranched alkanes of at least 4 members (excludes halogenated alkanes) is 1. The molecule has 6 nitrogen and oxygen atoms in total. The van der Waals surface area contributed by atoms with E-state index >= 15 is 0 Å². The summed E-state index contributed by atoms with van der Waals surface area (Å²) < 4.78 is 27.4. The number of halogens is 3. The largest absolute Gasteiger partial charge is 0.349 e. The van der Waals surface area contributed by atoms with E-state index in [2.05, 4.69) is 10.6 Å². The van der Waals surface area contributed by atoms with Crippen LogP contribution in [0, 0.1) is 0 Å². The highest BCUT2D eigenvalue weighted by Crippen LogP contribution is 2.51. The summed E-state index contributed by atoms with van der Waals surface area (Å²) in [6.07, 6.45) is 2.10. The Bertz CT molecular complexity index is 1420. The number of nitrogens with zero attached hydrogens (tertiary/aromatic N) is 1. The third-order valence-electron chi connectivity index (χ3n) is 7.88. The van der Waals surface area contributed by atoms with Crippen LogP contribution in [0.1, 0.15) is 47.2 Å². The van der Waals surface area contributed by atoms with E-state index in [-0.39, 0.29) is 11.8 Å². The van der Waals surface area contributed by atoms with Gasteiger partial charge in [0.15, 0.2) is 0 Å². The number of benzene rings is 3. The molecular formula is C31H31ClF2N3O3P. The zero-order chi connectivity index (χ0) is 29.2.